The second kappa shape index (κ2) is 7.56. The minimum absolute atomic E-state index is 0.0880. The summed E-state index contributed by atoms with van der Waals surface area (Å²) in [6, 6.07) is 7.37. The first-order valence-corrected chi connectivity index (χ1v) is 10.2. The van der Waals surface area contributed by atoms with E-state index in [-0.39, 0.29) is 24.6 Å². The summed E-state index contributed by atoms with van der Waals surface area (Å²) in [7, 11) is 0. The van der Waals surface area contributed by atoms with E-state index in [0.717, 1.165) is 24.3 Å². The molecule has 3 heterocycles. The van der Waals surface area contributed by atoms with Gasteiger partial charge in [-0.25, -0.2) is 4.98 Å². The Bertz CT molecular complexity index is 1140. The predicted molar refractivity (Wildman–Crippen MR) is 110 cm³/mol. The van der Waals surface area contributed by atoms with Crippen LogP contribution in [0.25, 0.3) is 10.9 Å². The molecule has 1 N–H and O–H groups in total. The van der Waals surface area contributed by atoms with Crippen molar-refractivity contribution in [3.05, 3.63) is 52.4 Å². The van der Waals surface area contributed by atoms with Crippen LogP contribution < -0.4 is 10.5 Å². The van der Waals surface area contributed by atoms with Gasteiger partial charge in [0, 0.05) is 43.9 Å². The average molecular weight is 409 g/mol. The monoisotopic (exact) mass is 409 g/mol. The average Bonchev–Trinajstić information content (AvgIpc) is 3.52. The van der Waals surface area contributed by atoms with Gasteiger partial charge in [-0.1, -0.05) is 5.16 Å². The number of fused-ring (bicyclic) bond motifs is 1. The lowest BCUT2D eigenvalue weighted by Gasteiger charge is -2.35. The quantitative estimate of drug-likeness (QED) is 0.675. The summed E-state index contributed by atoms with van der Waals surface area (Å²) in [6.07, 6.45) is 3.68. The fourth-order valence-corrected chi connectivity index (χ4v) is 3.89. The third-order valence-electron chi connectivity index (χ3n) is 5.81. The van der Waals surface area contributed by atoms with Crippen LogP contribution in [0, 0.1) is 0 Å². The molecule has 2 aromatic heterocycles. The Morgan fingerprint density at radius 3 is 2.70 bits per heavy atom. The maximum atomic E-state index is 12.7. The van der Waals surface area contributed by atoms with Crippen LogP contribution in [0.1, 0.15) is 35.0 Å². The fourth-order valence-electron chi connectivity index (χ4n) is 3.89. The van der Waals surface area contributed by atoms with Crippen LogP contribution in [-0.2, 0) is 6.54 Å². The number of hydrogen-bond donors (Lipinski definition) is 1. The molecule has 3 aromatic rings. The van der Waals surface area contributed by atoms with Gasteiger partial charge >= 0.3 is 0 Å². The third kappa shape index (κ3) is 3.45. The number of rotatable bonds is 5. The van der Waals surface area contributed by atoms with E-state index in [1.54, 1.807) is 17.0 Å². The molecule has 30 heavy (non-hydrogen) atoms. The molecule has 0 spiro atoms. The molecule has 156 valence electrons. The van der Waals surface area contributed by atoms with E-state index >= 15 is 0 Å². The molecule has 1 aliphatic heterocycles. The molecule has 0 bridgehead atoms. The third-order valence-corrected chi connectivity index (χ3v) is 5.81. The summed E-state index contributed by atoms with van der Waals surface area (Å²) in [4.78, 5) is 33.5. The van der Waals surface area contributed by atoms with Crippen LogP contribution in [0.5, 0.6) is 0 Å². The summed E-state index contributed by atoms with van der Waals surface area (Å²) >= 11 is 0. The Kier molecular flexibility index (Phi) is 4.74. The Balaban J connectivity index is 1.27. The Labute approximate surface area is 172 Å². The maximum absolute atomic E-state index is 12.7. The highest BCUT2D eigenvalue weighted by molar-refractivity contribution is 5.92. The number of anilines is 1. The molecule has 0 unspecified atom stereocenters. The lowest BCUT2D eigenvalue weighted by atomic mass is 10.2. The first-order chi connectivity index (χ1) is 14.6. The zero-order valence-electron chi connectivity index (χ0n) is 16.5. The predicted octanol–water partition coefficient (Wildman–Crippen LogP) is 1.22. The number of aliphatic hydroxyl groups is 1. The van der Waals surface area contributed by atoms with Crippen molar-refractivity contribution in [1.29, 1.82) is 0 Å². The van der Waals surface area contributed by atoms with Gasteiger partial charge < -0.3 is 19.4 Å². The van der Waals surface area contributed by atoms with Gasteiger partial charge in [-0.3, -0.25) is 14.2 Å². The molecule has 1 saturated carbocycles. The molecule has 1 aromatic carbocycles. The Hall–Kier alpha value is -3.20. The first-order valence-electron chi connectivity index (χ1n) is 10.2. The van der Waals surface area contributed by atoms with Crippen LogP contribution >= 0.6 is 0 Å². The van der Waals surface area contributed by atoms with E-state index in [2.05, 4.69) is 15.0 Å². The van der Waals surface area contributed by atoms with Gasteiger partial charge in [0.2, 0.25) is 0 Å². The molecule has 1 aliphatic carbocycles. The lowest BCUT2D eigenvalue weighted by molar-refractivity contribution is 0.0736. The topological polar surface area (TPSA) is 105 Å². The van der Waals surface area contributed by atoms with Crippen molar-refractivity contribution in [1.82, 2.24) is 19.6 Å². The summed E-state index contributed by atoms with van der Waals surface area (Å²) in [5.41, 5.74) is 1.83. The van der Waals surface area contributed by atoms with Crippen molar-refractivity contribution in [2.45, 2.75) is 25.3 Å². The summed E-state index contributed by atoms with van der Waals surface area (Å²) in [5, 5.41) is 13.5. The molecule has 9 heteroatoms. The number of piperazine rings is 1. The standard InChI is InChI=1S/C21H23N5O4/c27-10-9-26-13-22-17-11-15(3-4-16(17)20(26)28)24-5-7-25(8-6-24)21(29)18-12-19(30-23-18)14-1-2-14/h3-4,11-14,27H,1-2,5-10H2. The number of benzene rings is 1. The van der Waals surface area contributed by atoms with Crippen LogP contribution in [0.2, 0.25) is 0 Å². The molecule has 1 saturated heterocycles. The molecule has 9 nitrogen and oxygen atoms in total. The van der Waals surface area contributed by atoms with Gasteiger partial charge in [0.1, 0.15) is 5.76 Å². The molecular formula is C21H23N5O4. The van der Waals surface area contributed by atoms with Gasteiger partial charge in [-0.05, 0) is 31.0 Å². The van der Waals surface area contributed by atoms with Gasteiger partial charge in [-0.2, -0.15) is 0 Å². The molecule has 0 atom stereocenters. The van der Waals surface area contributed by atoms with E-state index in [1.807, 2.05) is 12.1 Å². The van der Waals surface area contributed by atoms with Gasteiger partial charge in [0.25, 0.3) is 11.5 Å². The van der Waals surface area contributed by atoms with E-state index < -0.39 is 0 Å². The van der Waals surface area contributed by atoms with E-state index in [9.17, 15) is 9.59 Å². The minimum atomic E-state index is -0.158. The number of aliphatic hydroxyl groups excluding tert-OH is 1. The van der Waals surface area contributed by atoms with E-state index in [1.165, 1.54) is 10.9 Å². The second-order valence-electron chi connectivity index (χ2n) is 7.84. The van der Waals surface area contributed by atoms with Gasteiger partial charge in [0.15, 0.2) is 5.69 Å². The highest BCUT2D eigenvalue weighted by Crippen LogP contribution is 2.40. The largest absolute Gasteiger partial charge is 0.395 e. The number of nitrogens with zero attached hydrogens (tertiary/aromatic N) is 5. The second-order valence-corrected chi connectivity index (χ2v) is 7.84. The van der Waals surface area contributed by atoms with E-state index in [0.29, 0.717) is 48.7 Å². The smallest absolute Gasteiger partial charge is 0.276 e. The minimum Gasteiger partial charge on any atom is -0.395 e. The van der Waals surface area contributed by atoms with Crippen molar-refractivity contribution in [2.75, 3.05) is 37.7 Å². The Morgan fingerprint density at radius 1 is 1.17 bits per heavy atom. The van der Waals surface area contributed by atoms with Crippen LogP contribution in [0.15, 0.2) is 39.9 Å². The Morgan fingerprint density at radius 2 is 1.97 bits per heavy atom. The number of carbonyl (C=O) groups is 1. The summed E-state index contributed by atoms with van der Waals surface area (Å²) in [5.74, 6) is 1.17. The zero-order valence-corrected chi connectivity index (χ0v) is 16.5. The summed E-state index contributed by atoms with van der Waals surface area (Å²) < 4.78 is 6.72. The highest BCUT2D eigenvalue weighted by Gasteiger charge is 2.30. The lowest BCUT2D eigenvalue weighted by Crippen LogP contribution is -2.48. The normalized spacial score (nSPS) is 17.0. The summed E-state index contributed by atoms with van der Waals surface area (Å²) in [6.45, 7) is 2.68. The molecule has 5 rings (SSSR count). The molecule has 2 fully saturated rings. The number of carbonyl (C=O) groups excluding carboxylic acids is 1. The van der Waals surface area contributed by atoms with Crippen LogP contribution in [0.3, 0.4) is 0 Å². The first kappa shape index (κ1) is 18.8. The van der Waals surface area contributed by atoms with Crippen molar-refractivity contribution >= 4 is 22.5 Å². The van der Waals surface area contributed by atoms with Gasteiger partial charge in [0.05, 0.1) is 30.4 Å². The number of hydrogen-bond acceptors (Lipinski definition) is 7. The van der Waals surface area contributed by atoms with Crippen molar-refractivity contribution in [2.24, 2.45) is 0 Å². The highest BCUT2D eigenvalue weighted by atomic mass is 16.5. The van der Waals surface area contributed by atoms with Crippen molar-refractivity contribution in [3.8, 4) is 0 Å². The molecule has 2 aliphatic rings. The van der Waals surface area contributed by atoms with E-state index in [4.69, 9.17) is 9.63 Å². The number of amides is 1. The van der Waals surface area contributed by atoms with Crippen LogP contribution in [0.4, 0.5) is 5.69 Å². The SMILES string of the molecule is O=C(c1cc(C2CC2)on1)N1CCN(c2ccc3c(=O)n(CCO)cnc3c2)CC1. The molecular weight excluding hydrogens is 386 g/mol. The maximum Gasteiger partial charge on any atom is 0.276 e. The van der Waals surface area contributed by atoms with Crippen molar-refractivity contribution in [3.63, 3.8) is 0 Å². The molecule has 1 amide bonds. The molecule has 0 radical (unpaired) electrons. The zero-order chi connectivity index (χ0) is 20.7. The fraction of sp³-hybridized carbons (Fsp3) is 0.429. The van der Waals surface area contributed by atoms with Crippen molar-refractivity contribution < 1.29 is 14.4 Å². The number of aromatic nitrogens is 3. The van der Waals surface area contributed by atoms with Gasteiger partial charge in [-0.15, -0.1) is 0 Å². The van der Waals surface area contributed by atoms with Crippen LogP contribution in [-0.4, -0.2) is 63.4 Å².